The third-order valence-corrected chi connectivity index (χ3v) is 5.91. The number of ether oxygens (including phenoxy) is 2. The maximum atomic E-state index is 13.6. The number of halogens is 7. The van der Waals surface area contributed by atoms with Crippen molar-refractivity contribution in [2.45, 2.75) is 37.7 Å². The Balaban J connectivity index is 1.65. The second kappa shape index (κ2) is 10.3. The predicted octanol–water partition coefficient (Wildman–Crippen LogP) is 5.32. The van der Waals surface area contributed by atoms with E-state index in [0.29, 0.717) is 35.9 Å². The average Bonchev–Trinajstić information content (AvgIpc) is 3.23. The number of benzene rings is 2. The Morgan fingerprint density at radius 2 is 1.68 bits per heavy atom. The molecule has 2 N–H and O–H groups in total. The van der Waals surface area contributed by atoms with E-state index < -0.39 is 47.7 Å². The number of nitrogens with one attached hydrogen (secondary N) is 2. The molecular weight excluding hydrogens is 509 g/mol. The number of aliphatic imine (C=N–C) groups is 1. The van der Waals surface area contributed by atoms with Gasteiger partial charge in [0.1, 0.15) is 17.5 Å². The van der Waals surface area contributed by atoms with E-state index in [1.807, 2.05) is 4.90 Å². The molecule has 200 valence electrons. The molecule has 0 spiro atoms. The summed E-state index contributed by atoms with van der Waals surface area (Å²) in [7, 11) is 0. The van der Waals surface area contributed by atoms with Crippen LogP contribution in [-0.2, 0) is 21.8 Å². The molecule has 1 fully saturated rings. The first kappa shape index (κ1) is 26.9. The molecular formula is C24H23F7N4O2. The van der Waals surface area contributed by atoms with Gasteiger partial charge in [-0.3, -0.25) is 15.8 Å². The SMILES string of the molecule is C=C1N=C(CN2CCO[C@H](O[C@H](C)c3cc(C(F)(F)F)cc(C(F)(F)F)c3)[C@@H]2c2ccc(F)cc2)NN1. The number of hydrogen-bond donors (Lipinski definition) is 2. The summed E-state index contributed by atoms with van der Waals surface area (Å²) in [5, 5.41) is 0. The van der Waals surface area contributed by atoms with E-state index in [2.05, 4.69) is 22.4 Å². The maximum Gasteiger partial charge on any atom is 0.416 e. The zero-order chi connectivity index (χ0) is 27.0. The largest absolute Gasteiger partial charge is 0.416 e. The first-order chi connectivity index (χ1) is 17.3. The first-order valence-electron chi connectivity index (χ1n) is 11.2. The van der Waals surface area contributed by atoms with Gasteiger partial charge in [-0.15, -0.1) is 0 Å². The van der Waals surface area contributed by atoms with Crippen molar-refractivity contribution in [2.24, 2.45) is 4.99 Å². The summed E-state index contributed by atoms with van der Waals surface area (Å²) in [5.74, 6) is 0.440. The summed E-state index contributed by atoms with van der Waals surface area (Å²) in [5.41, 5.74) is 2.99. The number of hydrogen-bond acceptors (Lipinski definition) is 6. The van der Waals surface area contributed by atoms with Gasteiger partial charge in [-0.1, -0.05) is 18.7 Å². The highest BCUT2D eigenvalue weighted by Crippen LogP contribution is 2.39. The lowest BCUT2D eigenvalue weighted by Crippen LogP contribution is -2.50. The zero-order valence-electron chi connectivity index (χ0n) is 19.5. The Bertz CT molecular complexity index is 1130. The molecule has 2 aromatic rings. The van der Waals surface area contributed by atoms with Gasteiger partial charge >= 0.3 is 12.4 Å². The number of alkyl halides is 6. The van der Waals surface area contributed by atoms with E-state index in [-0.39, 0.29) is 24.8 Å². The van der Waals surface area contributed by atoms with E-state index in [1.165, 1.54) is 31.2 Å². The van der Waals surface area contributed by atoms with Crippen LogP contribution >= 0.6 is 0 Å². The molecule has 3 atom stereocenters. The van der Waals surface area contributed by atoms with Gasteiger partial charge in [0.2, 0.25) is 0 Å². The minimum Gasteiger partial charge on any atom is -0.349 e. The van der Waals surface area contributed by atoms with Gasteiger partial charge in [-0.2, -0.15) is 26.3 Å². The molecule has 0 aliphatic carbocycles. The fraction of sp³-hybridized carbons (Fsp3) is 0.375. The van der Waals surface area contributed by atoms with Gasteiger partial charge in [0.15, 0.2) is 6.29 Å². The summed E-state index contributed by atoms with van der Waals surface area (Å²) in [6.45, 7) is 5.84. The number of amidine groups is 1. The lowest BCUT2D eigenvalue weighted by Gasteiger charge is -2.42. The van der Waals surface area contributed by atoms with Crippen molar-refractivity contribution in [3.63, 3.8) is 0 Å². The molecule has 2 heterocycles. The van der Waals surface area contributed by atoms with E-state index >= 15 is 0 Å². The third-order valence-electron chi connectivity index (χ3n) is 5.91. The van der Waals surface area contributed by atoms with E-state index in [4.69, 9.17) is 9.47 Å². The van der Waals surface area contributed by atoms with Gasteiger partial charge in [0.05, 0.1) is 36.4 Å². The van der Waals surface area contributed by atoms with E-state index in [1.54, 1.807) is 0 Å². The molecule has 0 saturated carbocycles. The summed E-state index contributed by atoms with van der Waals surface area (Å²) < 4.78 is 105. The number of rotatable bonds is 6. The van der Waals surface area contributed by atoms with E-state index in [9.17, 15) is 30.7 Å². The van der Waals surface area contributed by atoms with Crippen molar-refractivity contribution < 1.29 is 40.2 Å². The molecule has 1 saturated heterocycles. The molecule has 0 bridgehead atoms. The normalized spacial score (nSPS) is 21.8. The molecule has 2 aliphatic rings. The van der Waals surface area contributed by atoms with Crippen LogP contribution in [-0.4, -0.2) is 36.7 Å². The third kappa shape index (κ3) is 6.40. The molecule has 37 heavy (non-hydrogen) atoms. The van der Waals surface area contributed by atoms with Gasteiger partial charge in [0, 0.05) is 6.54 Å². The number of hydrazine groups is 1. The summed E-state index contributed by atoms with van der Waals surface area (Å²) in [4.78, 5) is 6.12. The molecule has 6 nitrogen and oxygen atoms in total. The Labute approximate surface area is 207 Å². The van der Waals surface area contributed by atoms with Gasteiger partial charge in [0.25, 0.3) is 0 Å². The van der Waals surface area contributed by atoms with Crippen molar-refractivity contribution in [2.75, 3.05) is 19.7 Å². The molecule has 0 aromatic heterocycles. The second-order valence-corrected chi connectivity index (χ2v) is 8.58. The molecule has 2 aromatic carbocycles. The molecule has 4 rings (SSSR count). The smallest absolute Gasteiger partial charge is 0.349 e. The van der Waals surface area contributed by atoms with Crippen molar-refractivity contribution in [3.8, 4) is 0 Å². The zero-order valence-corrected chi connectivity index (χ0v) is 19.5. The second-order valence-electron chi connectivity index (χ2n) is 8.58. The Morgan fingerprint density at radius 1 is 1.05 bits per heavy atom. The molecule has 0 unspecified atom stereocenters. The van der Waals surface area contributed by atoms with Crippen LogP contribution in [0.4, 0.5) is 30.7 Å². The lowest BCUT2D eigenvalue weighted by molar-refractivity contribution is -0.227. The molecule has 0 radical (unpaired) electrons. The maximum absolute atomic E-state index is 13.6. The van der Waals surface area contributed by atoms with Crippen LogP contribution in [0.3, 0.4) is 0 Å². The predicted molar refractivity (Wildman–Crippen MR) is 119 cm³/mol. The van der Waals surface area contributed by atoms with Crippen molar-refractivity contribution in [1.29, 1.82) is 0 Å². The van der Waals surface area contributed by atoms with Crippen molar-refractivity contribution in [3.05, 3.63) is 82.9 Å². The van der Waals surface area contributed by atoms with Crippen LogP contribution in [0.15, 0.2) is 59.9 Å². The minimum absolute atomic E-state index is 0.0631. The summed E-state index contributed by atoms with van der Waals surface area (Å²) in [6.07, 6.45) is -12.3. The number of nitrogens with zero attached hydrogens (tertiary/aromatic N) is 2. The van der Waals surface area contributed by atoms with Crippen LogP contribution in [0.2, 0.25) is 0 Å². The van der Waals surface area contributed by atoms with Crippen LogP contribution < -0.4 is 10.9 Å². The molecule has 13 heteroatoms. The van der Waals surface area contributed by atoms with Crippen LogP contribution in [0, 0.1) is 5.82 Å². The standard InChI is InChI=1S/C24H23F7N4O2/c1-13(16-9-17(23(26,27)28)11-18(10-16)24(29,30)31)37-22-21(15-3-5-19(25)6-4-15)35(7-8-36-22)12-20-32-14(2)33-34-20/h3-6,9-11,13,21-22,33H,2,7-8,12H2,1H3,(H,32,34)/t13-,21+,22-/m1/s1. The van der Waals surface area contributed by atoms with Crippen LogP contribution in [0.5, 0.6) is 0 Å². The monoisotopic (exact) mass is 532 g/mol. The van der Waals surface area contributed by atoms with Gasteiger partial charge < -0.3 is 9.47 Å². The topological polar surface area (TPSA) is 58.1 Å². The Hall–Kier alpha value is -3.16. The summed E-state index contributed by atoms with van der Waals surface area (Å²) in [6, 6.07) is 6.13. The van der Waals surface area contributed by atoms with E-state index in [0.717, 1.165) is 0 Å². The fourth-order valence-corrected chi connectivity index (χ4v) is 4.13. The first-order valence-corrected chi connectivity index (χ1v) is 11.2. The minimum atomic E-state index is -4.99. The highest BCUT2D eigenvalue weighted by molar-refractivity contribution is 5.86. The van der Waals surface area contributed by atoms with Gasteiger partial charge in [-0.05, 0) is 48.4 Å². The Morgan fingerprint density at radius 3 is 2.22 bits per heavy atom. The highest BCUT2D eigenvalue weighted by atomic mass is 19.4. The summed E-state index contributed by atoms with van der Waals surface area (Å²) >= 11 is 0. The Kier molecular flexibility index (Phi) is 7.49. The van der Waals surface area contributed by atoms with Crippen LogP contribution in [0.1, 0.15) is 41.3 Å². The number of morpholine rings is 1. The quantitative estimate of drug-likeness (QED) is 0.494. The highest BCUT2D eigenvalue weighted by Gasteiger charge is 2.39. The van der Waals surface area contributed by atoms with Crippen LogP contribution in [0.25, 0.3) is 0 Å². The molecule has 0 amide bonds. The fourth-order valence-electron chi connectivity index (χ4n) is 4.13. The molecule has 2 aliphatic heterocycles. The van der Waals surface area contributed by atoms with Crippen molar-refractivity contribution in [1.82, 2.24) is 15.8 Å². The lowest BCUT2D eigenvalue weighted by atomic mass is 10.0. The van der Waals surface area contributed by atoms with Gasteiger partial charge in [-0.25, -0.2) is 9.38 Å². The average molecular weight is 532 g/mol. The van der Waals surface area contributed by atoms with Crippen molar-refractivity contribution >= 4 is 5.84 Å².